The molecule has 1 aliphatic heterocycles. The quantitative estimate of drug-likeness (QED) is 0.745. The molecule has 1 amide bonds. The molecule has 1 aliphatic rings. The van der Waals surface area contributed by atoms with Gasteiger partial charge in [0.05, 0.1) is 18.0 Å². The first kappa shape index (κ1) is 21.0. The number of carbonyl (C=O) groups is 1. The van der Waals surface area contributed by atoms with Gasteiger partial charge in [0.2, 0.25) is 15.9 Å². The summed E-state index contributed by atoms with van der Waals surface area (Å²) in [6, 6.07) is 10.3. The Bertz CT molecular complexity index is 931. The summed E-state index contributed by atoms with van der Waals surface area (Å²) < 4.78 is 26.8. The van der Waals surface area contributed by atoms with Crippen LogP contribution < -0.4 is 5.32 Å². The monoisotopic (exact) mass is 441 g/mol. The van der Waals surface area contributed by atoms with Gasteiger partial charge in [0, 0.05) is 35.2 Å². The maximum atomic E-state index is 12.7. The molecule has 3 rings (SSSR count). The predicted octanol–water partition coefficient (Wildman–Crippen LogP) is 3.25. The maximum Gasteiger partial charge on any atom is 0.223 e. The Balaban J connectivity index is 1.53. The minimum atomic E-state index is -3.51. The number of benzene rings is 1. The zero-order valence-electron chi connectivity index (χ0n) is 15.1. The number of nitrogens with zero attached hydrogens (tertiary/aromatic N) is 2. The van der Waals surface area contributed by atoms with Gasteiger partial charge >= 0.3 is 0 Å². The minimum absolute atomic E-state index is 0.0663. The molecule has 2 heterocycles. The Hall–Kier alpha value is -1.67. The Morgan fingerprint density at radius 3 is 2.57 bits per heavy atom. The Morgan fingerprint density at radius 2 is 1.93 bits per heavy atom. The SMILES string of the molecule is O=C(NCc1ccccn1)C1CCN(S(=O)(=O)Cc2ccc(Cl)cc2Cl)CC1. The second-order valence-corrected chi connectivity index (χ2v) is 9.52. The standard InChI is InChI=1S/C19H21Cl2N3O3S/c20-16-5-4-15(18(21)11-16)13-28(26,27)24-9-6-14(7-10-24)19(25)23-12-17-3-1-2-8-22-17/h1-5,8,11,14H,6-7,9-10,12-13H2,(H,23,25). The van der Waals surface area contributed by atoms with Gasteiger partial charge in [-0.15, -0.1) is 0 Å². The predicted molar refractivity (Wildman–Crippen MR) is 109 cm³/mol. The molecule has 0 saturated carbocycles. The van der Waals surface area contributed by atoms with Crippen molar-refractivity contribution in [3.05, 3.63) is 63.9 Å². The van der Waals surface area contributed by atoms with Crippen molar-refractivity contribution in [2.45, 2.75) is 25.1 Å². The number of aromatic nitrogens is 1. The second-order valence-electron chi connectivity index (χ2n) is 6.70. The fourth-order valence-corrected chi connectivity index (χ4v) is 5.30. The van der Waals surface area contributed by atoms with E-state index in [1.807, 2.05) is 18.2 Å². The van der Waals surface area contributed by atoms with Gasteiger partial charge < -0.3 is 5.32 Å². The van der Waals surface area contributed by atoms with Gasteiger partial charge in [-0.05, 0) is 42.7 Å². The van der Waals surface area contributed by atoms with Crippen LogP contribution in [0.4, 0.5) is 0 Å². The van der Waals surface area contributed by atoms with Crippen LogP contribution in [0.2, 0.25) is 10.0 Å². The summed E-state index contributed by atoms with van der Waals surface area (Å²) in [4.78, 5) is 16.5. The molecule has 1 N–H and O–H groups in total. The van der Waals surface area contributed by atoms with E-state index in [-0.39, 0.29) is 17.6 Å². The molecule has 0 unspecified atom stereocenters. The number of carbonyl (C=O) groups excluding carboxylic acids is 1. The van der Waals surface area contributed by atoms with Crippen LogP contribution in [0.3, 0.4) is 0 Å². The first-order valence-electron chi connectivity index (χ1n) is 8.94. The van der Waals surface area contributed by atoms with Crippen molar-refractivity contribution < 1.29 is 13.2 Å². The molecule has 1 aromatic carbocycles. The van der Waals surface area contributed by atoms with Crippen molar-refractivity contribution in [3.8, 4) is 0 Å². The van der Waals surface area contributed by atoms with E-state index in [0.29, 0.717) is 48.1 Å². The average molecular weight is 442 g/mol. The van der Waals surface area contributed by atoms with E-state index in [4.69, 9.17) is 23.2 Å². The van der Waals surface area contributed by atoms with E-state index < -0.39 is 10.0 Å². The van der Waals surface area contributed by atoms with Crippen LogP contribution in [-0.4, -0.2) is 36.7 Å². The summed E-state index contributed by atoms with van der Waals surface area (Å²) in [7, 11) is -3.51. The third-order valence-corrected chi connectivity index (χ3v) is 7.16. The lowest BCUT2D eigenvalue weighted by Crippen LogP contribution is -2.43. The van der Waals surface area contributed by atoms with E-state index >= 15 is 0 Å². The van der Waals surface area contributed by atoms with Crippen molar-refractivity contribution in [3.63, 3.8) is 0 Å². The van der Waals surface area contributed by atoms with Crippen LogP contribution in [0, 0.1) is 5.92 Å². The molecule has 6 nitrogen and oxygen atoms in total. The van der Waals surface area contributed by atoms with Crippen molar-refractivity contribution in [2.24, 2.45) is 5.92 Å². The van der Waals surface area contributed by atoms with Crippen LogP contribution >= 0.6 is 23.2 Å². The largest absolute Gasteiger partial charge is 0.350 e. The van der Waals surface area contributed by atoms with Gasteiger partial charge in [0.25, 0.3) is 0 Å². The molecule has 0 spiro atoms. The number of halogens is 2. The van der Waals surface area contributed by atoms with E-state index in [2.05, 4.69) is 10.3 Å². The fourth-order valence-electron chi connectivity index (χ4n) is 3.15. The zero-order chi connectivity index (χ0) is 20.1. The van der Waals surface area contributed by atoms with Crippen molar-refractivity contribution >= 4 is 39.1 Å². The average Bonchev–Trinajstić information content (AvgIpc) is 2.69. The molecular weight excluding hydrogens is 421 g/mol. The van der Waals surface area contributed by atoms with Crippen LogP contribution in [0.15, 0.2) is 42.6 Å². The number of piperidine rings is 1. The van der Waals surface area contributed by atoms with E-state index in [1.54, 1.807) is 18.3 Å². The lowest BCUT2D eigenvalue weighted by atomic mass is 9.97. The van der Waals surface area contributed by atoms with E-state index in [9.17, 15) is 13.2 Å². The number of sulfonamides is 1. The van der Waals surface area contributed by atoms with E-state index in [0.717, 1.165) is 5.69 Å². The van der Waals surface area contributed by atoms with Crippen LogP contribution in [-0.2, 0) is 27.1 Å². The third kappa shape index (κ3) is 5.44. The number of amides is 1. The summed E-state index contributed by atoms with van der Waals surface area (Å²) in [5, 5.41) is 3.67. The highest BCUT2D eigenvalue weighted by Crippen LogP contribution is 2.26. The Labute approximate surface area is 174 Å². The summed E-state index contributed by atoms with van der Waals surface area (Å²) in [5.74, 6) is -0.447. The second kappa shape index (κ2) is 9.22. The highest BCUT2D eigenvalue weighted by molar-refractivity contribution is 7.88. The topological polar surface area (TPSA) is 79.4 Å². The summed E-state index contributed by atoms with van der Waals surface area (Å²) in [6.07, 6.45) is 2.65. The smallest absolute Gasteiger partial charge is 0.223 e. The molecular formula is C19H21Cl2N3O3S. The Morgan fingerprint density at radius 1 is 1.18 bits per heavy atom. The van der Waals surface area contributed by atoms with Crippen LogP contribution in [0.5, 0.6) is 0 Å². The third-order valence-electron chi connectivity index (χ3n) is 4.74. The van der Waals surface area contributed by atoms with Gasteiger partial charge in [0.15, 0.2) is 0 Å². The number of hydrogen-bond acceptors (Lipinski definition) is 4. The Kier molecular flexibility index (Phi) is 6.93. The van der Waals surface area contributed by atoms with Crippen LogP contribution in [0.25, 0.3) is 0 Å². The molecule has 1 aromatic heterocycles. The van der Waals surface area contributed by atoms with Gasteiger partial charge in [-0.25, -0.2) is 12.7 Å². The summed E-state index contributed by atoms with van der Waals surface area (Å²) in [5.41, 5.74) is 1.30. The highest BCUT2D eigenvalue weighted by atomic mass is 35.5. The van der Waals surface area contributed by atoms with Gasteiger partial charge in [-0.1, -0.05) is 35.3 Å². The van der Waals surface area contributed by atoms with Crippen molar-refractivity contribution in [2.75, 3.05) is 13.1 Å². The molecule has 28 heavy (non-hydrogen) atoms. The molecule has 0 aliphatic carbocycles. The minimum Gasteiger partial charge on any atom is -0.350 e. The molecule has 0 atom stereocenters. The van der Waals surface area contributed by atoms with Gasteiger partial charge in [-0.3, -0.25) is 9.78 Å². The summed E-state index contributed by atoms with van der Waals surface area (Å²) >= 11 is 12.0. The van der Waals surface area contributed by atoms with Crippen molar-refractivity contribution in [1.82, 2.24) is 14.6 Å². The van der Waals surface area contributed by atoms with Crippen molar-refractivity contribution in [1.29, 1.82) is 0 Å². The lowest BCUT2D eigenvalue weighted by molar-refractivity contribution is -0.126. The molecule has 1 saturated heterocycles. The van der Waals surface area contributed by atoms with E-state index in [1.165, 1.54) is 10.4 Å². The molecule has 0 bridgehead atoms. The molecule has 1 fully saturated rings. The molecule has 0 radical (unpaired) electrons. The number of hydrogen-bond donors (Lipinski definition) is 1. The van der Waals surface area contributed by atoms with Crippen LogP contribution in [0.1, 0.15) is 24.1 Å². The first-order chi connectivity index (χ1) is 13.3. The number of pyridine rings is 1. The normalized spacial score (nSPS) is 16.1. The molecule has 150 valence electrons. The number of rotatable bonds is 6. The first-order valence-corrected chi connectivity index (χ1v) is 11.3. The number of nitrogens with one attached hydrogen (secondary N) is 1. The lowest BCUT2D eigenvalue weighted by Gasteiger charge is -2.30. The maximum absolute atomic E-state index is 12.7. The molecule has 9 heteroatoms. The fraction of sp³-hybridized carbons (Fsp3) is 0.368. The summed E-state index contributed by atoms with van der Waals surface area (Å²) in [6.45, 7) is 0.998. The molecule has 2 aromatic rings. The highest BCUT2D eigenvalue weighted by Gasteiger charge is 2.31. The van der Waals surface area contributed by atoms with Gasteiger partial charge in [-0.2, -0.15) is 0 Å². The van der Waals surface area contributed by atoms with Gasteiger partial charge in [0.1, 0.15) is 0 Å². The zero-order valence-corrected chi connectivity index (χ0v) is 17.5.